The van der Waals surface area contributed by atoms with Gasteiger partial charge < -0.3 is 19.9 Å². The third-order valence-corrected chi connectivity index (χ3v) is 7.24. The Hall–Kier alpha value is -2.98. The fourth-order valence-electron chi connectivity index (χ4n) is 4.11. The molecule has 3 heterocycles. The standard InChI is InChI=1S/C25H28ClFN4O4S/c1-15-20(35-18-5-2-4-16(12-18)24(32)33)7-6-19(30-15)23-17(13-21(26)36-23)14-29-25-28-10-8-22(31-25)34-11-3-9-27/h6-8,10,13,16,18H,2-5,9,11-12,14H2,1H3,(H,32,33)(H,28,29,31)/t16-,18-/m0/s1. The summed E-state index contributed by atoms with van der Waals surface area (Å²) >= 11 is 7.77. The zero-order valence-corrected chi connectivity index (χ0v) is 21.4. The number of pyridine rings is 1. The van der Waals surface area contributed by atoms with E-state index in [1.807, 2.05) is 25.1 Å². The van der Waals surface area contributed by atoms with Gasteiger partial charge in [-0.25, -0.2) is 9.97 Å². The van der Waals surface area contributed by atoms with Gasteiger partial charge in [-0.1, -0.05) is 11.6 Å². The Kier molecular flexibility index (Phi) is 8.93. The maximum atomic E-state index is 12.3. The second kappa shape index (κ2) is 12.3. The number of carboxylic acids is 1. The lowest BCUT2D eigenvalue weighted by atomic mass is 9.87. The smallest absolute Gasteiger partial charge is 0.306 e. The summed E-state index contributed by atoms with van der Waals surface area (Å²) in [7, 11) is 0. The summed E-state index contributed by atoms with van der Waals surface area (Å²) in [6.07, 6.45) is 4.65. The summed E-state index contributed by atoms with van der Waals surface area (Å²) in [5, 5.41) is 12.5. The van der Waals surface area contributed by atoms with E-state index in [9.17, 15) is 14.3 Å². The van der Waals surface area contributed by atoms with Crippen LogP contribution in [0.4, 0.5) is 10.3 Å². The second-order valence-corrected chi connectivity index (χ2v) is 10.3. The minimum Gasteiger partial charge on any atom is -0.489 e. The van der Waals surface area contributed by atoms with Crippen molar-refractivity contribution in [2.45, 2.75) is 51.7 Å². The van der Waals surface area contributed by atoms with Crippen LogP contribution in [0.15, 0.2) is 30.5 Å². The van der Waals surface area contributed by atoms with Gasteiger partial charge in [0.25, 0.3) is 0 Å². The molecule has 0 bridgehead atoms. The fourth-order valence-corrected chi connectivity index (χ4v) is 5.35. The van der Waals surface area contributed by atoms with E-state index in [2.05, 4.69) is 15.3 Å². The summed E-state index contributed by atoms with van der Waals surface area (Å²) in [4.78, 5) is 25.5. The van der Waals surface area contributed by atoms with Crippen molar-refractivity contribution in [3.05, 3.63) is 46.1 Å². The lowest BCUT2D eigenvalue weighted by molar-refractivity contribution is -0.143. The number of alkyl halides is 1. The maximum absolute atomic E-state index is 12.3. The molecule has 0 radical (unpaired) electrons. The van der Waals surface area contributed by atoms with Crippen LogP contribution in [0.3, 0.4) is 0 Å². The summed E-state index contributed by atoms with van der Waals surface area (Å²) in [5.74, 6) is 0.317. The third-order valence-electron chi connectivity index (χ3n) is 5.91. The summed E-state index contributed by atoms with van der Waals surface area (Å²) < 4.78 is 24.5. The average molecular weight is 535 g/mol. The van der Waals surface area contributed by atoms with E-state index >= 15 is 0 Å². The lowest BCUT2D eigenvalue weighted by Gasteiger charge is -2.27. The molecular formula is C25H28ClFN4O4S. The summed E-state index contributed by atoms with van der Waals surface area (Å²) in [6, 6.07) is 7.28. The quantitative estimate of drug-likeness (QED) is 0.291. The number of nitrogens with one attached hydrogen (secondary N) is 1. The molecule has 1 aliphatic rings. The van der Waals surface area contributed by atoms with Gasteiger partial charge in [0.15, 0.2) is 0 Å². The molecule has 192 valence electrons. The van der Waals surface area contributed by atoms with Crippen molar-refractivity contribution in [1.82, 2.24) is 15.0 Å². The van der Waals surface area contributed by atoms with Gasteiger partial charge in [0.2, 0.25) is 11.8 Å². The van der Waals surface area contributed by atoms with Crippen molar-refractivity contribution in [2.75, 3.05) is 18.6 Å². The van der Waals surface area contributed by atoms with Crippen molar-refractivity contribution < 1.29 is 23.8 Å². The molecule has 11 heteroatoms. The molecule has 0 spiro atoms. The molecule has 1 saturated carbocycles. The van der Waals surface area contributed by atoms with Gasteiger partial charge in [-0.05, 0) is 56.4 Å². The molecule has 2 N–H and O–H groups in total. The molecule has 8 nitrogen and oxygen atoms in total. The minimum absolute atomic E-state index is 0.126. The van der Waals surface area contributed by atoms with Gasteiger partial charge in [0, 0.05) is 25.2 Å². The van der Waals surface area contributed by atoms with E-state index in [-0.39, 0.29) is 18.6 Å². The van der Waals surface area contributed by atoms with E-state index in [1.54, 1.807) is 12.3 Å². The summed E-state index contributed by atoms with van der Waals surface area (Å²) in [6.45, 7) is 2.11. The van der Waals surface area contributed by atoms with Crippen LogP contribution < -0.4 is 14.8 Å². The number of anilines is 1. The Bertz CT molecular complexity index is 1190. The molecule has 1 aliphatic carbocycles. The zero-order valence-electron chi connectivity index (χ0n) is 19.9. The predicted molar refractivity (Wildman–Crippen MR) is 137 cm³/mol. The number of carbonyl (C=O) groups is 1. The highest BCUT2D eigenvalue weighted by Gasteiger charge is 2.28. The number of aromatic nitrogens is 3. The van der Waals surface area contributed by atoms with E-state index in [0.717, 1.165) is 34.7 Å². The molecular weight excluding hydrogens is 507 g/mol. The van der Waals surface area contributed by atoms with Gasteiger partial charge in [-0.3, -0.25) is 9.18 Å². The van der Waals surface area contributed by atoms with Crippen LogP contribution >= 0.6 is 22.9 Å². The molecule has 1 fully saturated rings. The molecule has 0 aromatic carbocycles. The van der Waals surface area contributed by atoms with Gasteiger partial charge in [-0.15, -0.1) is 11.3 Å². The van der Waals surface area contributed by atoms with Crippen LogP contribution in [-0.2, 0) is 11.3 Å². The van der Waals surface area contributed by atoms with Crippen molar-refractivity contribution in [1.29, 1.82) is 0 Å². The molecule has 3 aromatic rings. The van der Waals surface area contributed by atoms with Crippen LogP contribution in [0.1, 0.15) is 43.4 Å². The molecule has 0 saturated heterocycles. The number of halogens is 2. The minimum atomic E-state index is -0.759. The average Bonchev–Trinajstić information content (AvgIpc) is 3.25. The highest BCUT2D eigenvalue weighted by Crippen LogP contribution is 2.37. The van der Waals surface area contributed by atoms with Gasteiger partial charge in [0.1, 0.15) is 5.75 Å². The van der Waals surface area contributed by atoms with Crippen LogP contribution in [0.5, 0.6) is 11.6 Å². The summed E-state index contributed by atoms with van der Waals surface area (Å²) in [5.41, 5.74) is 2.44. The van der Waals surface area contributed by atoms with Crippen LogP contribution in [0, 0.1) is 12.8 Å². The number of hydrogen-bond acceptors (Lipinski definition) is 8. The van der Waals surface area contributed by atoms with Crippen LogP contribution in [-0.4, -0.2) is 45.4 Å². The first-order chi connectivity index (χ1) is 17.4. The maximum Gasteiger partial charge on any atom is 0.306 e. The number of hydrogen-bond donors (Lipinski definition) is 2. The van der Waals surface area contributed by atoms with Crippen molar-refractivity contribution in [3.8, 4) is 22.2 Å². The Morgan fingerprint density at radius 1 is 1.31 bits per heavy atom. The van der Waals surface area contributed by atoms with Crippen molar-refractivity contribution in [2.24, 2.45) is 5.92 Å². The molecule has 4 rings (SSSR count). The largest absolute Gasteiger partial charge is 0.489 e. The molecule has 0 amide bonds. The number of nitrogens with zero attached hydrogens (tertiary/aromatic N) is 3. The Labute approximate surface area is 217 Å². The molecule has 36 heavy (non-hydrogen) atoms. The van der Waals surface area contributed by atoms with Crippen LogP contribution in [0.25, 0.3) is 10.6 Å². The van der Waals surface area contributed by atoms with Crippen molar-refractivity contribution >= 4 is 34.9 Å². The first-order valence-corrected chi connectivity index (χ1v) is 13.0. The number of carboxylic acid groups (broad SMARTS) is 1. The van der Waals surface area contributed by atoms with E-state index < -0.39 is 12.6 Å². The third kappa shape index (κ3) is 6.82. The Balaban J connectivity index is 1.43. The normalized spacial score (nSPS) is 17.5. The molecule has 0 unspecified atom stereocenters. The number of aryl methyl sites for hydroxylation is 1. The van der Waals surface area contributed by atoms with E-state index in [4.69, 9.17) is 26.1 Å². The first-order valence-electron chi connectivity index (χ1n) is 11.8. The second-order valence-electron chi connectivity index (χ2n) is 8.59. The van der Waals surface area contributed by atoms with Gasteiger partial charge in [0.05, 0.1) is 45.9 Å². The number of ether oxygens (including phenoxy) is 2. The number of rotatable bonds is 11. The van der Waals surface area contributed by atoms with Gasteiger partial charge >= 0.3 is 5.97 Å². The number of thiophene rings is 1. The SMILES string of the molecule is Cc1nc(-c2sc(Cl)cc2CNc2nccc(OCCCF)n2)ccc1O[C@H]1CCC[C@H](C(=O)O)C1. The van der Waals surface area contributed by atoms with Gasteiger partial charge in [-0.2, -0.15) is 4.98 Å². The van der Waals surface area contributed by atoms with Crippen molar-refractivity contribution in [3.63, 3.8) is 0 Å². The monoisotopic (exact) mass is 534 g/mol. The highest BCUT2D eigenvalue weighted by molar-refractivity contribution is 7.19. The Morgan fingerprint density at radius 2 is 2.17 bits per heavy atom. The fraction of sp³-hybridized carbons (Fsp3) is 0.440. The van der Waals surface area contributed by atoms with E-state index in [1.165, 1.54) is 11.3 Å². The number of aliphatic carboxylic acids is 1. The topological polar surface area (TPSA) is 106 Å². The van der Waals surface area contributed by atoms with Crippen LogP contribution in [0.2, 0.25) is 4.34 Å². The zero-order chi connectivity index (χ0) is 25.5. The Morgan fingerprint density at radius 3 is 2.94 bits per heavy atom. The lowest BCUT2D eigenvalue weighted by Crippen LogP contribution is -2.29. The molecule has 3 aromatic heterocycles. The highest BCUT2D eigenvalue weighted by atomic mass is 35.5. The van der Waals surface area contributed by atoms with E-state index in [0.29, 0.717) is 47.7 Å². The first kappa shape index (κ1) is 26.1. The molecule has 0 aliphatic heterocycles. The predicted octanol–water partition coefficient (Wildman–Crippen LogP) is 5.93. The molecule has 2 atom stereocenters.